The molecule has 0 fully saturated rings. The molecule has 7 heteroatoms. The molecule has 1 aromatic carbocycles. The Kier molecular flexibility index (Phi) is 6.48. The maximum Gasteiger partial charge on any atom is 0.326 e. The first-order valence-corrected chi connectivity index (χ1v) is 7.31. The Bertz CT molecular complexity index is 522. The molecule has 3 N–H and O–H groups in total. The molecule has 116 valence electrons. The van der Waals surface area contributed by atoms with E-state index in [9.17, 15) is 9.59 Å². The van der Waals surface area contributed by atoms with Crippen LogP contribution in [0.2, 0.25) is 0 Å². The summed E-state index contributed by atoms with van der Waals surface area (Å²) in [6, 6.07) is 3.60. The van der Waals surface area contributed by atoms with E-state index < -0.39 is 18.0 Å². The van der Waals surface area contributed by atoms with Gasteiger partial charge in [0.15, 0.2) is 0 Å². The molecule has 0 aliphatic heterocycles. The van der Waals surface area contributed by atoms with Gasteiger partial charge in [0.1, 0.15) is 11.8 Å². The second kappa shape index (κ2) is 7.87. The van der Waals surface area contributed by atoms with Crippen molar-refractivity contribution in [1.29, 1.82) is 0 Å². The van der Waals surface area contributed by atoms with Gasteiger partial charge in [0, 0.05) is 16.2 Å². The summed E-state index contributed by atoms with van der Waals surface area (Å²) in [5, 5.41) is 14.2. The monoisotopic (exact) mass is 358 g/mol. The molecule has 2 unspecified atom stereocenters. The maximum absolute atomic E-state index is 11.9. The van der Waals surface area contributed by atoms with E-state index in [1.54, 1.807) is 25.1 Å². The number of carbonyl (C=O) groups excluding carboxylic acids is 1. The summed E-state index contributed by atoms with van der Waals surface area (Å²) in [6.45, 7) is 3.65. The predicted octanol–water partition coefficient (Wildman–Crippen LogP) is 3.08. The van der Waals surface area contributed by atoms with E-state index in [2.05, 4.69) is 26.6 Å². The van der Waals surface area contributed by atoms with E-state index in [0.29, 0.717) is 17.9 Å². The molecule has 0 saturated carbocycles. The lowest BCUT2D eigenvalue weighted by Crippen LogP contribution is -2.46. The van der Waals surface area contributed by atoms with Crippen molar-refractivity contribution in [1.82, 2.24) is 5.32 Å². The molecule has 0 aliphatic carbocycles. The highest BCUT2D eigenvalue weighted by atomic mass is 79.9. The molecule has 2 amide bonds. The fourth-order valence-corrected chi connectivity index (χ4v) is 2.22. The van der Waals surface area contributed by atoms with Crippen molar-refractivity contribution in [2.24, 2.45) is 5.92 Å². The summed E-state index contributed by atoms with van der Waals surface area (Å²) in [4.78, 5) is 23.1. The number of carboxylic acids is 1. The van der Waals surface area contributed by atoms with Crippen molar-refractivity contribution in [3.8, 4) is 5.75 Å². The first-order valence-electron chi connectivity index (χ1n) is 6.52. The lowest BCUT2D eigenvalue weighted by atomic mass is 9.99. The highest BCUT2D eigenvalue weighted by Crippen LogP contribution is 2.24. The van der Waals surface area contributed by atoms with E-state index >= 15 is 0 Å². The number of halogens is 1. The number of hydrogen-bond acceptors (Lipinski definition) is 3. The van der Waals surface area contributed by atoms with Gasteiger partial charge < -0.3 is 20.5 Å². The lowest BCUT2D eigenvalue weighted by Gasteiger charge is -2.20. The van der Waals surface area contributed by atoms with Crippen molar-refractivity contribution >= 4 is 33.6 Å². The number of anilines is 1. The van der Waals surface area contributed by atoms with Gasteiger partial charge in [0.2, 0.25) is 0 Å². The quantitative estimate of drug-likeness (QED) is 0.728. The molecule has 0 aromatic heterocycles. The molecule has 21 heavy (non-hydrogen) atoms. The largest absolute Gasteiger partial charge is 0.497 e. The minimum Gasteiger partial charge on any atom is -0.497 e. The van der Waals surface area contributed by atoms with E-state index in [0.717, 1.165) is 4.47 Å². The Morgan fingerprint density at radius 2 is 2.05 bits per heavy atom. The number of amides is 2. The van der Waals surface area contributed by atoms with Gasteiger partial charge in [-0.1, -0.05) is 36.2 Å². The van der Waals surface area contributed by atoms with Crippen LogP contribution in [0.3, 0.4) is 0 Å². The molecule has 1 aromatic rings. The average molecular weight is 359 g/mol. The zero-order valence-corrected chi connectivity index (χ0v) is 13.7. The number of nitrogens with one attached hydrogen (secondary N) is 2. The molecular formula is C14H19BrN2O4. The standard InChI is InChI=1S/C14H19BrN2O4/c1-4-8(2)12(13(18)19)17-14(20)16-10-5-9(15)6-11(7-10)21-3/h5-8,12H,4H2,1-3H3,(H,18,19)(H2,16,17,20). The van der Waals surface area contributed by atoms with Crippen molar-refractivity contribution < 1.29 is 19.4 Å². The smallest absolute Gasteiger partial charge is 0.326 e. The molecule has 0 bridgehead atoms. The van der Waals surface area contributed by atoms with E-state index in [1.807, 2.05) is 6.92 Å². The van der Waals surface area contributed by atoms with Gasteiger partial charge in [-0.3, -0.25) is 0 Å². The topological polar surface area (TPSA) is 87.7 Å². The zero-order chi connectivity index (χ0) is 16.0. The number of ether oxygens (including phenoxy) is 1. The molecule has 0 radical (unpaired) electrons. The van der Waals surface area contributed by atoms with Gasteiger partial charge >= 0.3 is 12.0 Å². The van der Waals surface area contributed by atoms with Gasteiger partial charge in [-0.05, 0) is 18.1 Å². The number of carboxylic acid groups (broad SMARTS) is 1. The highest BCUT2D eigenvalue weighted by molar-refractivity contribution is 9.10. The Labute approximate surface area is 132 Å². The van der Waals surface area contributed by atoms with Gasteiger partial charge in [-0.2, -0.15) is 0 Å². The second-order valence-electron chi connectivity index (χ2n) is 4.68. The Balaban J connectivity index is 2.76. The van der Waals surface area contributed by atoms with Crippen LogP contribution in [0, 0.1) is 5.92 Å². The zero-order valence-electron chi connectivity index (χ0n) is 12.1. The fraction of sp³-hybridized carbons (Fsp3) is 0.429. The summed E-state index contributed by atoms with van der Waals surface area (Å²) in [7, 11) is 1.52. The van der Waals surface area contributed by atoms with E-state index in [-0.39, 0.29) is 5.92 Å². The van der Waals surface area contributed by atoms with E-state index in [1.165, 1.54) is 7.11 Å². The SMILES string of the molecule is CCC(C)C(NC(=O)Nc1cc(Br)cc(OC)c1)C(=O)O. The third kappa shape index (κ3) is 5.26. The minimum atomic E-state index is -1.05. The van der Waals surface area contributed by atoms with Crippen LogP contribution >= 0.6 is 15.9 Å². The molecular weight excluding hydrogens is 340 g/mol. The van der Waals surface area contributed by atoms with Crippen molar-refractivity contribution in [3.63, 3.8) is 0 Å². The fourth-order valence-electron chi connectivity index (χ4n) is 1.74. The predicted molar refractivity (Wildman–Crippen MR) is 83.7 cm³/mol. The average Bonchev–Trinajstić information content (AvgIpc) is 2.42. The molecule has 1 rings (SSSR count). The van der Waals surface area contributed by atoms with Crippen LogP contribution in [0.1, 0.15) is 20.3 Å². The van der Waals surface area contributed by atoms with Crippen LogP contribution < -0.4 is 15.4 Å². The summed E-state index contributed by atoms with van der Waals surface area (Å²) < 4.78 is 5.84. The van der Waals surface area contributed by atoms with Crippen molar-refractivity contribution in [2.75, 3.05) is 12.4 Å². The normalized spacial score (nSPS) is 13.1. The maximum atomic E-state index is 11.9. The summed E-state index contributed by atoms with van der Waals surface area (Å²) >= 11 is 3.31. The van der Waals surface area contributed by atoms with Crippen molar-refractivity contribution in [2.45, 2.75) is 26.3 Å². The van der Waals surface area contributed by atoms with Crippen LogP contribution in [-0.4, -0.2) is 30.3 Å². The number of methoxy groups -OCH3 is 1. The van der Waals surface area contributed by atoms with E-state index in [4.69, 9.17) is 9.84 Å². The molecule has 0 saturated heterocycles. The third-order valence-electron chi connectivity index (χ3n) is 3.13. The number of urea groups is 1. The van der Waals surface area contributed by atoms with Crippen LogP contribution in [0.4, 0.5) is 10.5 Å². The minimum absolute atomic E-state index is 0.162. The number of hydrogen-bond donors (Lipinski definition) is 3. The highest BCUT2D eigenvalue weighted by Gasteiger charge is 2.25. The molecule has 2 atom stereocenters. The summed E-state index contributed by atoms with van der Waals surface area (Å²) in [5.74, 6) is -0.631. The summed E-state index contributed by atoms with van der Waals surface area (Å²) in [5.41, 5.74) is 0.506. The lowest BCUT2D eigenvalue weighted by molar-refractivity contribution is -0.140. The van der Waals surface area contributed by atoms with Gasteiger partial charge in [-0.25, -0.2) is 9.59 Å². The van der Waals surface area contributed by atoms with Crippen molar-refractivity contribution in [3.05, 3.63) is 22.7 Å². The molecule has 0 heterocycles. The first kappa shape index (κ1) is 17.3. The first-order chi connectivity index (χ1) is 9.87. The molecule has 6 nitrogen and oxygen atoms in total. The Morgan fingerprint density at radius 1 is 1.38 bits per heavy atom. The summed E-state index contributed by atoms with van der Waals surface area (Å²) in [6.07, 6.45) is 0.655. The number of benzene rings is 1. The second-order valence-corrected chi connectivity index (χ2v) is 5.60. The third-order valence-corrected chi connectivity index (χ3v) is 3.59. The number of aliphatic carboxylic acids is 1. The Morgan fingerprint density at radius 3 is 2.57 bits per heavy atom. The van der Waals surface area contributed by atoms with Crippen LogP contribution in [-0.2, 0) is 4.79 Å². The van der Waals surface area contributed by atoms with Gasteiger partial charge in [0.05, 0.1) is 7.11 Å². The van der Waals surface area contributed by atoms with Crippen LogP contribution in [0.15, 0.2) is 22.7 Å². The Hall–Kier alpha value is -1.76. The van der Waals surface area contributed by atoms with Gasteiger partial charge in [-0.15, -0.1) is 0 Å². The van der Waals surface area contributed by atoms with Gasteiger partial charge in [0.25, 0.3) is 0 Å². The van der Waals surface area contributed by atoms with Crippen LogP contribution in [0.5, 0.6) is 5.75 Å². The molecule has 0 spiro atoms. The molecule has 0 aliphatic rings. The number of carbonyl (C=O) groups is 2. The number of rotatable bonds is 6. The van der Waals surface area contributed by atoms with Crippen LogP contribution in [0.25, 0.3) is 0 Å².